The lowest BCUT2D eigenvalue weighted by atomic mass is 10.1. The van der Waals surface area contributed by atoms with E-state index in [2.05, 4.69) is 17.2 Å². The zero-order valence-electron chi connectivity index (χ0n) is 15.8. The van der Waals surface area contributed by atoms with E-state index >= 15 is 0 Å². The summed E-state index contributed by atoms with van der Waals surface area (Å²) in [5.41, 5.74) is -0.502. The minimum Gasteiger partial charge on any atom is -0.344 e. The molecule has 8 heteroatoms. The first-order valence-electron chi connectivity index (χ1n) is 9.22. The van der Waals surface area contributed by atoms with E-state index in [9.17, 15) is 22.8 Å². The summed E-state index contributed by atoms with van der Waals surface area (Å²) in [4.78, 5) is 27.6. The van der Waals surface area contributed by atoms with Crippen LogP contribution in [0.5, 0.6) is 0 Å². The first kappa shape index (κ1) is 21.8. The normalized spacial score (nSPS) is 15.4. The van der Waals surface area contributed by atoms with Crippen LogP contribution in [0.3, 0.4) is 0 Å². The molecule has 0 radical (unpaired) electrons. The Morgan fingerprint density at radius 3 is 2.68 bits per heavy atom. The van der Waals surface area contributed by atoms with Crippen LogP contribution in [-0.2, 0) is 15.8 Å². The van der Waals surface area contributed by atoms with Crippen molar-refractivity contribution in [1.82, 2.24) is 15.1 Å². The van der Waals surface area contributed by atoms with Crippen LogP contribution < -0.4 is 5.32 Å². The number of alkyl halides is 3. The van der Waals surface area contributed by atoms with E-state index in [0.717, 1.165) is 25.1 Å². The zero-order chi connectivity index (χ0) is 20.6. The van der Waals surface area contributed by atoms with Gasteiger partial charge in [0.15, 0.2) is 0 Å². The molecule has 0 spiro atoms. The van der Waals surface area contributed by atoms with Crippen molar-refractivity contribution >= 4 is 11.8 Å². The third-order valence-corrected chi connectivity index (χ3v) is 4.41. The molecule has 5 nitrogen and oxygen atoms in total. The highest BCUT2D eigenvalue weighted by Gasteiger charge is 2.30. The van der Waals surface area contributed by atoms with Crippen molar-refractivity contribution in [2.24, 2.45) is 0 Å². The fourth-order valence-corrected chi connectivity index (χ4v) is 2.92. The molecule has 1 aliphatic rings. The van der Waals surface area contributed by atoms with Crippen LogP contribution >= 0.6 is 0 Å². The number of nitrogens with one attached hydrogen (secondary N) is 1. The van der Waals surface area contributed by atoms with Gasteiger partial charge in [-0.25, -0.2) is 0 Å². The molecule has 1 fully saturated rings. The molecule has 0 saturated carbocycles. The molecule has 0 bridgehead atoms. The largest absolute Gasteiger partial charge is 0.416 e. The third-order valence-electron chi connectivity index (χ3n) is 4.41. The van der Waals surface area contributed by atoms with Gasteiger partial charge in [0.1, 0.15) is 0 Å². The molecule has 1 aromatic carbocycles. The van der Waals surface area contributed by atoms with Crippen LogP contribution in [0.15, 0.2) is 24.3 Å². The Morgan fingerprint density at radius 2 is 1.96 bits per heavy atom. The topological polar surface area (TPSA) is 52.7 Å². The van der Waals surface area contributed by atoms with Gasteiger partial charge in [0.05, 0.1) is 18.7 Å². The third kappa shape index (κ3) is 6.89. The number of carbonyl (C=O) groups is 2. The van der Waals surface area contributed by atoms with Crippen molar-refractivity contribution in [3.8, 4) is 11.8 Å². The summed E-state index contributed by atoms with van der Waals surface area (Å²) in [6.45, 7) is 4.77. The van der Waals surface area contributed by atoms with E-state index in [0.29, 0.717) is 26.1 Å². The lowest BCUT2D eigenvalue weighted by Gasteiger charge is -2.21. The van der Waals surface area contributed by atoms with E-state index in [1.54, 1.807) is 0 Å². The maximum absolute atomic E-state index is 12.7. The fourth-order valence-electron chi connectivity index (χ4n) is 2.92. The smallest absolute Gasteiger partial charge is 0.344 e. The average Bonchev–Trinajstić information content (AvgIpc) is 2.90. The Bertz CT molecular complexity index is 753. The monoisotopic (exact) mass is 395 g/mol. The zero-order valence-corrected chi connectivity index (χ0v) is 15.8. The number of halogens is 3. The first-order chi connectivity index (χ1) is 13.3. The number of rotatable bonds is 4. The SMILES string of the molecule is CCC(=O)N1CCCN(CC(=O)NCC#Cc2cccc(C(F)(F)F)c2)CC1. The molecule has 0 aliphatic carbocycles. The van der Waals surface area contributed by atoms with Crippen molar-refractivity contribution < 1.29 is 22.8 Å². The highest BCUT2D eigenvalue weighted by molar-refractivity contribution is 5.78. The second-order valence-corrected chi connectivity index (χ2v) is 6.52. The molecule has 1 N–H and O–H groups in total. The molecule has 1 heterocycles. The standard InChI is InChI=1S/C20H24F3N3O2/c1-2-19(28)26-11-5-10-25(12-13-26)15-18(27)24-9-4-7-16-6-3-8-17(14-16)20(21,22)23/h3,6,8,14H,2,5,9-13,15H2,1H3,(H,24,27). The summed E-state index contributed by atoms with van der Waals surface area (Å²) in [7, 11) is 0. The van der Waals surface area contributed by atoms with Gasteiger partial charge in [0.2, 0.25) is 11.8 Å². The minimum atomic E-state index is -4.41. The van der Waals surface area contributed by atoms with Crippen LogP contribution in [0.1, 0.15) is 30.9 Å². The lowest BCUT2D eigenvalue weighted by Crippen LogP contribution is -2.40. The van der Waals surface area contributed by atoms with Crippen LogP contribution in [0.25, 0.3) is 0 Å². The van der Waals surface area contributed by atoms with E-state index < -0.39 is 11.7 Å². The molecular formula is C20H24F3N3O2. The average molecular weight is 395 g/mol. The van der Waals surface area contributed by atoms with Gasteiger partial charge in [-0.15, -0.1) is 0 Å². The van der Waals surface area contributed by atoms with E-state index in [1.165, 1.54) is 12.1 Å². The Labute approximate surface area is 162 Å². The molecule has 1 aliphatic heterocycles. The maximum Gasteiger partial charge on any atom is 0.416 e. The fraction of sp³-hybridized carbons (Fsp3) is 0.500. The Morgan fingerprint density at radius 1 is 1.18 bits per heavy atom. The molecule has 2 rings (SSSR count). The van der Waals surface area contributed by atoms with Crippen LogP contribution in [0.4, 0.5) is 13.2 Å². The Hall–Kier alpha value is -2.53. The minimum absolute atomic E-state index is 0.0589. The van der Waals surface area contributed by atoms with Gasteiger partial charge >= 0.3 is 6.18 Å². The molecule has 1 aromatic rings. The molecule has 152 valence electrons. The van der Waals surface area contributed by atoms with Crippen molar-refractivity contribution in [3.63, 3.8) is 0 Å². The predicted molar refractivity (Wildman–Crippen MR) is 99.3 cm³/mol. The summed E-state index contributed by atoms with van der Waals surface area (Å²) >= 11 is 0. The Balaban J connectivity index is 1.78. The van der Waals surface area contributed by atoms with Crippen molar-refractivity contribution in [1.29, 1.82) is 0 Å². The van der Waals surface area contributed by atoms with E-state index in [4.69, 9.17) is 0 Å². The molecule has 28 heavy (non-hydrogen) atoms. The van der Waals surface area contributed by atoms with Gasteiger partial charge in [-0.2, -0.15) is 13.2 Å². The number of benzene rings is 1. The second kappa shape index (κ2) is 10.1. The number of amides is 2. The first-order valence-corrected chi connectivity index (χ1v) is 9.22. The lowest BCUT2D eigenvalue weighted by molar-refractivity contribution is -0.137. The number of hydrogen-bond donors (Lipinski definition) is 1. The van der Waals surface area contributed by atoms with Crippen LogP contribution in [-0.4, -0.2) is 60.9 Å². The molecule has 0 atom stereocenters. The highest BCUT2D eigenvalue weighted by atomic mass is 19.4. The second-order valence-electron chi connectivity index (χ2n) is 6.52. The molecule has 1 saturated heterocycles. The van der Waals surface area contributed by atoms with Crippen molar-refractivity contribution in [2.45, 2.75) is 25.9 Å². The number of carbonyl (C=O) groups excluding carboxylic acids is 2. The van der Waals surface area contributed by atoms with Gasteiger partial charge in [-0.05, 0) is 24.6 Å². The van der Waals surface area contributed by atoms with E-state index in [1.807, 2.05) is 16.7 Å². The van der Waals surface area contributed by atoms with Crippen LogP contribution in [0.2, 0.25) is 0 Å². The van der Waals surface area contributed by atoms with Gasteiger partial charge in [0, 0.05) is 38.2 Å². The number of nitrogens with zero attached hydrogens (tertiary/aromatic N) is 2. The van der Waals surface area contributed by atoms with E-state index in [-0.39, 0.29) is 30.5 Å². The quantitative estimate of drug-likeness (QED) is 0.795. The predicted octanol–water partition coefficient (Wildman–Crippen LogP) is 2.12. The maximum atomic E-state index is 12.7. The molecule has 0 aromatic heterocycles. The van der Waals surface area contributed by atoms with Crippen LogP contribution in [0, 0.1) is 11.8 Å². The van der Waals surface area contributed by atoms with Gasteiger partial charge < -0.3 is 10.2 Å². The molecular weight excluding hydrogens is 371 g/mol. The number of hydrogen-bond acceptors (Lipinski definition) is 3. The van der Waals surface area contributed by atoms with Gasteiger partial charge in [-0.3, -0.25) is 14.5 Å². The Kier molecular flexibility index (Phi) is 7.88. The summed E-state index contributed by atoms with van der Waals surface area (Å²) in [5.74, 6) is 5.22. The highest BCUT2D eigenvalue weighted by Crippen LogP contribution is 2.29. The summed E-state index contributed by atoms with van der Waals surface area (Å²) in [5, 5.41) is 2.65. The summed E-state index contributed by atoms with van der Waals surface area (Å²) in [6, 6.07) is 4.76. The van der Waals surface area contributed by atoms with Crippen molar-refractivity contribution in [2.75, 3.05) is 39.3 Å². The van der Waals surface area contributed by atoms with Gasteiger partial charge in [-0.1, -0.05) is 24.8 Å². The summed E-state index contributed by atoms with van der Waals surface area (Å²) < 4.78 is 38.0. The molecule has 2 amide bonds. The summed E-state index contributed by atoms with van der Waals surface area (Å²) in [6.07, 6.45) is -3.12. The van der Waals surface area contributed by atoms with Crippen molar-refractivity contribution in [3.05, 3.63) is 35.4 Å². The van der Waals surface area contributed by atoms with Gasteiger partial charge in [0.25, 0.3) is 0 Å². The molecule has 0 unspecified atom stereocenters.